The molecule has 1 N–H and O–H groups in total. The third-order valence-electron chi connectivity index (χ3n) is 2.99. The SMILES string of the molecule is N#Cc1ccc2[nH]c(=S)n(Cc3ccncc3)c2c1. The van der Waals surface area contributed by atoms with E-state index in [4.69, 9.17) is 17.5 Å². The third-order valence-corrected chi connectivity index (χ3v) is 3.32. The first kappa shape index (κ1) is 11.6. The Hall–Kier alpha value is -2.45. The van der Waals surface area contributed by atoms with Crippen molar-refractivity contribution in [3.63, 3.8) is 0 Å². The number of fused-ring (bicyclic) bond motifs is 1. The maximum atomic E-state index is 8.98. The van der Waals surface area contributed by atoms with Crippen molar-refractivity contribution in [3.8, 4) is 6.07 Å². The number of H-pyrrole nitrogens is 1. The van der Waals surface area contributed by atoms with Gasteiger partial charge in [0.1, 0.15) is 0 Å². The third kappa shape index (κ3) is 2.14. The van der Waals surface area contributed by atoms with Gasteiger partial charge < -0.3 is 9.55 Å². The molecule has 0 fully saturated rings. The van der Waals surface area contributed by atoms with Crippen LogP contribution in [0.5, 0.6) is 0 Å². The molecular formula is C14H10N4S. The maximum absolute atomic E-state index is 8.98. The lowest BCUT2D eigenvalue weighted by Gasteiger charge is -2.04. The van der Waals surface area contributed by atoms with Crippen LogP contribution in [0.2, 0.25) is 0 Å². The summed E-state index contributed by atoms with van der Waals surface area (Å²) in [6.45, 7) is 0.663. The fraction of sp³-hybridized carbons (Fsp3) is 0.0714. The molecule has 19 heavy (non-hydrogen) atoms. The summed E-state index contributed by atoms with van der Waals surface area (Å²) in [6.07, 6.45) is 3.52. The first-order valence-corrected chi connectivity index (χ1v) is 6.20. The van der Waals surface area contributed by atoms with Gasteiger partial charge >= 0.3 is 0 Å². The molecule has 0 saturated heterocycles. The summed E-state index contributed by atoms with van der Waals surface area (Å²) < 4.78 is 2.64. The van der Waals surface area contributed by atoms with E-state index in [-0.39, 0.29) is 0 Å². The van der Waals surface area contributed by atoms with Gasteiger partial charge in [-0.3, -0.25) is 4.98 Å². The van der Waals surface area contributed by atoms with Crippen molar-refractivity contribution in [2.75, 3.05) is 0 Å². The van der Waals surface area contributed by atoms with Crippen molar-refractivity contribution in [2.24, 2.45) is 0 Å². The van der Waals surface area contributed by atoms with Gasteiger partial charge in [0.25, 0.3) is 0 Å². The molecule has 0 aliphatic rings. The number of hydrogen-bond acceptors (Lipinski definition) is 3. The van der Waals surface area contributed by atoms with Gasteiger partial charge in [0.15, 0.2) is 4.77 Å². The lowest BCUT2D eigenvalue weighted by molar-refractivity contribution is 0.808. The monoisotopic (exact) mass is 266 g/mol. The van der Waals surface area contributed by atoms with E-state index < -0.39 is 0 Å². The first-order chi connectivity index (χ1) is 9.28. The molecule has 92 valence electrons. The van der Waals surface area contributed by atoms with E-state index in [9.17, 15) is 0 Å². The molecule has 2 aromatic heterocycles. The van der Waals surface area contributed by atoms with Crippen LogP contribution in [0.4, 0.5) is 0 Å². The van der Waals surface area contributed by atoms with E-state index in [2.05, 4.69) is 16.0 Å². The molecule has 0 atom stereocenters. The Morgan fingerprint density at radius 3 is 2.79 bits per heavy atom. The average Bonchev–Trinajstić information content (AvgIpc) is 2.76. The van der Waals surface area contributed by atoms with Gasteiger partial charge in [-0.15, -0.1) is 0 Å². The number of benzene rings is 1. The van der Waals surface area contributed by atoms with E-state index in [1.165, 1.54) is 0 Å². The highest BCUT2D eigenvalue weighted by Crippen LogP contribution is 2.17. The highest BCUT2D eigenvalue weighted by atomic mass is 32.1. The van der Waals surface area contributed by atoms with Crippen molar-refractivity contribution in [1.29, 1.82) is 5.26 Å². The smallest absolute Gasteiger partial charge is 0.178 e. The van der Waals surface area contributed by atoms with Gasteiger partial charge in [-0.1, -0.05) is 0 Å². The Balaban J connectivity index is 2.15. The topological polar surface area (TPSA) is 57.4 Å². The van der Waals surface area contributed by atoms with E-state index in [1.807, 2.05) is 28.8 Å². The summed E-state index contributed by atoms with van der Waals surface area (Å²) in [4.78, 5) is 7.15. The number of rotatable bonds is 2. The van der Waals surface area contributed by atoms with Gasteiger partial charge in [-0.2, -0.15) is 5.26 Å². The highest BCUT2D eigenvalue weighted by Gasteiger charge is 2.06. The molecule has 3 aromatic rings. The highest BCUT2D eigenvalue weighted by molar-refractivity contribution is 7.71. The normalized spacial score (nSPS) is 10.5. The van der Waals surface area contributed by atoms with E-state index in [0.717, 1.165) is 16.6 Å². The molecule has 5 heteroatoms. The van der Waals surface area contributed by atoms with Crippen LogP contribution in [0, 0.1) is 16.1 Å². The predicted molar refractivity (Wildman–Crippen MR) is 75.2 cm³/mol. The van der Waals surface area contributed by atoms with Crippen LogP contribution in [0.1, 0.15) is 11.1 Å². The molecule has 0 aliphatic heterocycles. The van der Waals surface area contributed by atoms with Gasteiger partial charge in [0.05, 0.1) is 29.2 Å². The Kier molecular flexibility index (Phi) is 2.86. The summed E-state index contributed by atoms with van der Waals surface area (Å²) in [5, 5.41) is 8.98. The fourth-order valence-corrected chi connectivity index (χ4v) is 2.32. The minimum absolute atomic E-state index is 0.630. The van der Waals surface area contributed by atoms with Crippen LogP contribution in [0.25, 0.3) is 11.0 Å². The lowest BCUT2D eigenvalue weighted by atomic mass is 10.2. The minimum atomic E-state index is 0.630. The van der Waals surface area contributed by atoms with Crippen molar-refractivity contribution in [2.45, 2.75) is 6.54 Å². The Bertz CT molecular complexity index is 824. The molecule has 0 radical (unpaired) electrons. The van der Waals surface area contributed by atoms with Gasteiger partial charge in [0, 0.05) is 12.4 Å². The zero-order valence-corrected chi connectivity index (χ0v) is 10.8. The van der Waals surface area contributed by atoms with E-state index >= 15 is 0 Å². The summed E-state index contributed by atoms with van der Waals surface area (Å²) in [7, 11) is 0. The summed E-state index contributed by atoms with van der Waals surface area (Å²) >= 11 is 5.34. The standard InChI is InChI=1S/C14H10N4S/c15-8-11-1-2-12-13(7-11)18(14(19)17-12)9-10-3-5-16-6-4-10/h1-7H,9H2,(H,17,19). The van der Waals surface area contributed by atoms with Crippen LogP contribution < -0.4 is 0 Å². The van der Waals surface area contributed by atoms with Crippen molar-refractivity contribution >= 4 is 23.3 Å². The Morgan fingerprint density at radius 1 is 1.26 bits per heavy atom. The van der Waals surface area contributed by atoms with Crippen molar-refractivity contribution in [3.05, 3.63) is 58.6 Å². The minimum Gasteiger partial charge on any atom is -0.331 e. The number of hydrogen-bond donors (Lipinski definition) is 1. The number of aromatic amines is 1. The number of imidazole rings is 1. The fourth-order valence-electron chi connectivity index (χ4n) is 2.05. The van der Waals surface area contributed by atoms with E-state index in [1.54, 1.807) is 18.5 Å². The number of pyridine rings is 1. The van der Waals surface area contributed by atoms with Gasteiger partial charge in [-0.25, -0.2) is 0 Å². The second-order valence-corrected chi connectivity index (χ2v) is 4.60. The lowest BCUT2D eigenvalue weighted by Crippen LogP contribution is -1.99. The first-order valence-electron chi connectivity index (χ1n) is 5.79. The van der Waals surface area contributed by atoms with Crippen LogP contribution in [-0.4, -0.2) is 14.5 Å². The van der Waals surface area contributed by atoms with Crippen LogP contribution in [-0.2, 0) is 6.54 Å². The van der Waals surface area contributed by atoms with Crippen LogP contribution in [0.15, 0.2) is 42.7 Å². The van der Waals surface area contributed by atoms with E-state index in [0.29, 0.717) is 16.9 Å². The number of aromatic nitrogens is 3. The second-order valence-electron chi connectivity index (χ2n) is 4.22. The molecule has 0 saturated carbocycles. The Morgan fingerprint density at radius 2 is 2.05 bits per heavy atom. The van der Waals surface area contributed by atoms with Crippen LogP contribution >= 0.6 is 12.2 Å². The maximum Gasteiger partial charge on any atom is 0.178 e. The number of nitrogens with one attached hydrogen (secondary N) is 1. The molecule has 0 unspecified atom stereocenters. The number of nitriles is 1. The molecule has 0 amide bonds. The molecule has 0 bridgehead atoms. The molecule has 0 aliphatic carbocycles. The zero-order chi connectivity index (χ0) is 13.2. The largest absolute Gasteiger partial charge is 0.331 e. The molecule has 4 nitrogen and oxygen atoms in total. The number of nitrogens with zero attached hydrogens (tertiary/aromatic N) is 3. The zero-order valence-electron chi connectivity index (χ0n) is 10.00. The van der Waals surface area contributed by atoms with Crippen molar-refractivity contribution in [1.82, 2.24) is 14.5 Å². The molecule has 0 spiro atoms. The summed E-state index contributed by atoms with van der Waals surface area (Å²) in [5.74, 6) is 0. The van der Waals surface area contributed by atoms with Gasteiger partial charge in [0.2, 0.25) is 0 Å². The molecule has 1 aromatic carbocycles. The summed E-state index contributed by atoms with van der Waals surface area (Å²) in [6, 6.07) is 11.6. The Labute approximate surface area is 115 Å². The second kappa shape index (κ2) is 4.67. The molecule has 2 heterocycles. The summed E-state index contributed by atoms with van der Waals surface area (Å²) in [5.41, 5.74) is 3.64. The molecule has 3 rings (SSSR count). The van der Waals surface area contributed by atoms with Crippen molar-refractivity contribution < 1.29 is 0 Å². The molecular weight excluding hydrogens is 256 g/mol. The average molecular weight is 266 g/mol. The predicted octanol–water partition coefficient (Wildman–Crippen LogP) is 3.01. The quantitative estimate of drug-likeness (QED) is 0.725. The van der Waals surface area contributed by atoms with Gasteiger partial charge in [-0.05, 0) is 48.1 Å². The van der Waals surface area contributed by atoms with Crippen LogP contribution in [0.3, 0.4) is 0 Å².